The summed E-state index contributed by atoms with van der Waals surface area (Å²) in [4.78, 5) is 4.68. The van der Waals surface area contributed by atoms with Gasteiger partial charge in [-0.15, -0.1) is 0 Å². The maximum absolute atomic E-state index is 6.28. The van der Waals surface area contributed by atoms with Crippen molar-refractivity contribution in [3.63, 3.8) is 0 Å². The van der Waals surface area contributed by atoms with E-state index in [1.165, 1.54) is 0 Å². The van der Waals surface area contributed by atoms with Crippen LogP contribution in [0.5, 0.6) is 0 Å². The predicted molar refractivity (Wildman–Crippen MR) is 93.4 cm³/mol. The summed E-state index contributed by atoms with van der Waals surface area (Å²) >= 11 is 6.28. The molecule has 0 amide bonds. The molecule has 0 aliphatic carbocycles. The second-order valence-corrected chi connectivity index (χ2v) is 6.12. The average molecular weight is 300 g/mol. The van der Waals surface area contributed by atoms with E-state index in [0.29, 0.717) is 5.92 Å². The fourth-order valence-corrected chi connectivity index (χ4v) is 2.43. The minimum absolute atomic E-state index is 0.691. The maximum atomic E-state index is 6.28. The highest BCUT2D eigenvalue weighted by Gasteiger charge is 2.05. The maximum Gasteiger partial charge on any atom is 0.0484 e. The Morgan fingerprint density at radius 2 is 1.86 bits per heavy atom. The number of halogens is 1. The molecule has 0 saturated heterocycles. The lowest BCUT2D eigenvalue weighted by Crippen LogP contribution is -1.99. The van der Waals surface area contributed by atoms with Crippen LogP contribution in [0, 0.1) is 5.92 Å². The van der Waals surface area contributed by atoms with Gasteiger partial charge in [0.2, 0.25) is 0 Å². The van der Waals surface area contributed by atoms with Crippen LogP contribution >= 0.6 is 11.6 Å². The molecule has 0 aliphatic heterocycles. The number of aliphatic imine (C=N–C) groups is 1. The van der Waals surface area contributed by atoms with Gasteiger partial charge in [-0.2, -0.15) is 0 Å². The molecule has 0 aliphatic rings. The van der Waals surface area contributed by atoms with Crippen molar-refractivity contribution in [1.82, 2.24) is 0 Å². The van der Waals surface area contributed by atoms with Gasteiger partial charge in [-0.1, -0.05) is 61.8 Å². The first-order valence-electron chi connectivity index (χ1n) is 7.44. The third kappa shape index (κ3) is 4.44. The van der Waals surface area contributed by atoms with Gasteiger partial charge >= 0.3 is 0 Å². The third-order valence-electron chi connectivity index (χ3n) is 3.52. The summed E-state index contributed by atoms with van der Waals surface area (Å²) in [5.41, 5.74) is 4.45. The quantitative estimate of drug-likeness (QED) is 0.613. The summed E-state index contributed by atoms with van der Waals surface area (Å²) in [6, 6.07) is 16.4. The Balaban J connectivity index is 2.24. The lowest BCUT2D eigenvalue weighted by molar-refractivity contribution is 0.597. The van der Waals surface area contributed by atoms with Crippen molar-refractivity contribution in [2.45, 2.75) is 27.2 Å². The Bertz CT molecular complexity index is 629. The Labute approximate surface area is 132 Å². The molecule has 0 N–H and O–H groups in total. The number of hydrogen-bond acceptors (Lipinski definition) is 1. The molecule has 0 saturated carbocycles. The van der Waals surface area contributed by atoms with E-state index in [-0.39, 0.29) is 0 Å². The SMILES string of the molecule is CC(=NCCC(C)C)c1cccc(-c2ccccc2Cl)c1. The molecule has 0 spiro atoms. The van der Waals surface area contributed by atoms with E-state index in [4.69, 9.17) is 11.6 Å². The van der Waals surface area contributed by atoms with Gasteiger partial charge in [0.1, 0.15) is 0 Å². The smallest absolute Gasteiger partial charge is 0.0484 e. The molecule has 0 unspecified atom stereocenters. The van der Waals surface area contributed by atoms with Crippen LogP contribution in [0.1, 0.15) is 32.8 Å². The summed E-state index contributed by atoms with van der Waals surface area (Å²) in [5.74, 6) is 0.691. The van der Waals surface area contributed by atoms with Gasteiger partial charge in [-0.3, -0.25) is 4.99 Å². The van der Waals surface area contributed by atoms with Crippen LogP contribution in [0.4, 0.5) is 0 Å². The van der Waals surface area contributed by atoms with Gasteiger partial charge < -0.3 is 0 Å². The van der Waals surface area contributed by atoms with E-state index in [9.17, 15) is 0 Å². The Morgan fingerprint density at radius 1 is 1.10 bits per heavy atom. The van der Waals surface area contributed by atoms with Crippen LogP contribution in [-0.2, 0) is 0 Å². The van der Waals surface area contributed by atoms with Crippen molar-refractivity contribution in [3.05, 3.63) is 59.1 Å². The van der Waals surface area contributed by atoms with E-state index in [2.05, 4.69) is 50.0 Å². The van der Waals surface area contributed by atoms with Crippen LogP contribution in [-0.4, -0.2) is 12.3 Å². The summed E-state index contributed by atoms with van der Waals surface area (Å²) < 4.78 is 0. The van der Waals surface area contributed by atoms with Crippen LogP contribution in [0.3, 0.4) is 0 Å². The highest BCUT2D eigenvalue weighted by Crippen LogP contribution is 2.28. The fourth-order valence-electron chi connectivity index (χ4n) is 2.19. The predicted octanol–water partition coefficient (Wildman–Crippen LogP) is 5.86. The molecule has 2 aromatic carbocycles. The first kappa shape index (κ1) is 15.8. The molecule has 1 nitrogen and oxygen atoms in total. The Kier molecular flexibility index (Phi) is 5.58. The van der Waals surface area contributed by atoms with Gasteiger partial charge in [0.05, 0.1) is 0 Å². The number of nitrogens with zero attached hydrogens (tertiary/aromatic N) is 1. The number of rotatable bonds is 5. The van der Waals surface area contributed by atoms with Crippen molar-refractivity contribution in [1.29, 1.82) is 0 Å². The molecule has 2 rings (SSSR count). The summed E-state index contributed by atoms with van der Waals surface area (Å²) in [7, 11) is 0. The highest BCUT2D eigenvalue weighted by molar-refractivity contribution is 6.33. The summed E-state index contributed by atoms with van der Waals surface area (Å²) in [6.45, 7) is 7.41. The minimum Gasteiger partial charge on any atom is -0.289 e. The van der Waals surface area contributed by atoms with Crippen molar-refractivity contribution < 1.29 is 0 Å². The van der Waals surface area contributed by atoms with Gasteiger partial charge in [0.25, 0.3) is 0 Å². The first-order chi connectivity index (χ1) is 10.1. The van der Waals surface area contributed by atoms with E-state index in [1.54, 1.807) is 0 Å². The fraction of sp³-hybridized carbons (Fsp3) is 0.316. The van der Waals surface area contributed by atoms with Crippen molar-refractivity contribution in [2.24, 2.45) is 10.9 Å². The molecule has 0 bridgehead atoms. The van der Waals surface area contributed by atoms with Gasteiger partial charge in [0, 0.05) is 22.8 Å². The molecule has 21 heavy (non-hydrogen) atoms. The second-order valence-electron chi connectivity index (χ2n) is 5.71. The van der Waals surface area contributed by atoms with E-state index < -0.39 is 0 Å². The zero-order chi connectivity index (χ0) is 15.2. The van der Waals surface area contributed by atoms with Crippen molar-refractivity contribution >= 4 is 17.3 Å². The largest absolute Gasteiger partial charge is 0.289 e. The van der Waals surface area contributed by atoms with Gasteiger partial charge in [0.15, 0.2) is 0 Å². The molecular formula is C19H22ClN. The molecule has 0 heterocycles. The van der Waals surface area contributed by atoms with E-state index in [1.807, 2.05) is 24.3 Å². The van der Waals surface area contributed by atoms with Crippen LogP contribution < -0.4 is 0 Å². The molecule has 2 heteroatoms. The number of hydrogen-bond donors (Lipinski definition) is 0. The van der Waals surface area contributed by atoms with Gasteiger partial charge in [-0.25, -0.2) is 0 Å². The molecule has 0 atom stereocenters. The van der Waals surface area contributed by atoms with E-state index >= 15 is 0 Å². The minimum atomic E-state index is 0.691. The summed E-state index contributed by atoms with van der Waals surface area (Å²) in [5, 5.41) is 0.782. The molecule has 110 valence electrons. The molecule has 2 aromatic rings. The monoisotopic (exact) mass is 299 g/mol. The molecule has 0 radical (unpaired) electrons. The average Bonchev–Trinajstić information content (AvgIpc) is 2.47. The van der Waals surface area contributed by atoms with E-state index in [0.717, 1.165) is 40.4 Å². The second kappa shape index (κ2) is 7.42. The van der Waals surface area contributed by atoms with Crippen LogP contribution in [0.15, 0.2) is 53.5 Å². The lowest BCUT2D eigenvalue weighted by atomic mass is 10.0. The van der Waals surface area contributed by atoms with Crippen LogP contribution in [0.25, 0.3) is 11.1 Å². The topological polar surface area (TPSA) is 12.4 Å². The molecular weight excluding hydrogens is 278 g/mol. The molecule has 0 fully saturated rings. The standard InChI is InChI=1S/C19H22ClN/c1-14(2)11-12-21-15(3)16-7-6-8-17(13-16)18-9-4-5-10-19(18)20/h4-10,13-14H,11-12H2,1-3H3. The third-order valence-corrected chi connectivity index (χ3v) is 3.85. The Hall–Kier alpha value is -1.60. The lowest BCUT2D eigenvalue weighted by Gasteiger charge is -2.08. The highest BCUT2D eigenvalue weighted by atomic mass is 35.5. The van der Waals surface area contributed by atoms with Gasteiger partial charge in [-0.05, 0) is 42.5 Å². The first-order valence-corrected chi connectivity index (χ1v) is 7.82. The van der Waals surface area contributed by atoms with Crippen molar-refractivity contribution in [3.8, 4) is 11.1 Å². The zero-order valence-electron chi connectivity index (χ0n) is 12.9. The number of benzene rings is 2. The zero-order valence-corrected chi connectivity index (χ0v) is 13.7. The molecule has 0 aromatic heterocycles. The Morgan fingerprint density at radius 3 is 2.57 bits per heavy atom. The van der Waals surface area contributed by atoms with Crippen LogP contribution in [0.2, 0.25) is 5.02 Å². The van der Waals surface area contributed by atoms with Crippen molar-refractivity contribution in [2.75, 3.05) is 6.54 Å². The summed E-state index contributed by atoms with van der Waals surface area (Å²) in [6.07, 6.45) is 1.13. The normalized spacial score (nSPS) is 12.0.